The van der Waals surface area contributed by atoms with Crippen molar-refractivity contribution in [3.8, 4) is 0 Å². The minimum absolute atomic E-state index is 0.0243. The SMILES string of the molecule is CCc1[nH]c2ccccc2c1C(=O)c1ccc([N+](=O)[O-])c(C)c1. The summed E-state index contributed by atoms with van der Waals surface area (Å²) >= 11 is 0. The number of carbonyl (C=O) groups excluding carboxylic acids is 1. The van der Waals surface area contributed by atoms with Crippen molar-refractivity contribution in [2.45, 2.75) is 20.3 Å². The summed E-state index contributed by atoms with van der Waals surface area (Å²) < 4.78 is 0. The molecule has 0 fully saturated rings. The van der Waals surface area contributed by atoms with Gasteiger partial charge in [0, 0.05) is 33.8 Å². The zero-order chi connectivity index (χ0) is 16.6. The van der Waals surface area contributed by atoms with Crippen molar-refractivity contribution in [1.82, 2.24) is 4.98 Å². The fourth-order valence-corrected chi connectivity index (χ4v) is 2.87. The zero-order valence-corrected chi connectivity index (χ0v) is 12.9. The monoisotopic (exact) mass is 308 g/mol. The molecule has 0 atom stereocenters. The second-order valence-corrected chi connectivity index (χ2v) is 5.47. The van der Waals surface area contributed by atoms with Crippen LogP contribution in [0, 0.1) is 17.0 Å². The highest BCUT2D eigenvalue weighted by Gasteiger charge is 2.20. The number of fused-ring (bicyclic) bond motifs is 1. The van der Waals surface area contributed by atoms with Crippen molar-refractivity contribution >= 4 is 22.4 Å². The molecule has 0 bridgehead atoms. The van der Waals surface area contributed by atoms with Crippen LogP contribution < -0.4 is 0 Å². The molecule has 1 aromatic heterocycles. The highest BCUT2D eigenvalue weighted by atomic mass is 16.6. The van der Waals surface area contributed by atoms with Gasteiger partial charge in [0.2, 0.25) is 0 Å². The van der Waals surface area contributed by atoms with E-state index in [1.807, 2.05) is 31.2 Å². The summed E-state index contributed by atoms with van der Waals surface area (Å²) in [7, 11) is 0. The number of para-hydroxylation sites is 1. The maximum absolute atomic E-state index is 12.9. The van der Waals surface area contributed by atoms with Crippen LogP contribution in [0.4, 0.5) is 5.69 Å². The van der Waals surface area contributed by atoms with E-state index >= 15 is 0 Å². The third-order valence-electron chi connectivity index (χ3n) is 4.02. The van der Waals surface area contributed by atoms with Crippen molar-refractivity contribution in [1.29, 1.82) is 0 Å². The number of aryl methyl sites for hydroxylation is 2. The first-order valence-electron chi connectivity index (χ1n) is 7.42. The minimum Gasteiger partial charge on any atom is -0.358 e. The zero-order valence-electron chi connectivity index (χ0n) is 12.9. The summed E-state index contributed by atoms with van der Waals surface area (Å²) in [6.45, 7) is 3.63. The van der Waals surface area contributed by atoms with Crippen LogP contribution in [0.2, 0.25) is 0 Å². The van der Waals surface area contributed by atoms with Gasteiger partial charge in [0.05, 0.1) is 10.5 Å². The lowest BCUT2D eigenvalue weighted by Gasteiger charge is -2.05. The summed E-state index contributed by atoms with van der Waals surface area (Å²) in [5.41, 5.74) is 3.43. The van der Waals surface area contributed by atoms with E-state index in [9.17, 15) is 14.9 Å². The molecule has 5 heteroatoms. The maximum atomic E-state index is 12.9. The Morgan fingerprint density at radius 1 is 1.22 bits per heavy atom. The molecule has 2 aromatic carbocycles. The maximum Gasteiger partial charge on any atom is 0.272 e. The molecule has 0 radical (unpaired) electrons. The Labute approximate surface area is 133 Å². The Morgan fingerprint density at radius 3 is 2.61 bits per heavy atom. The van der Waals surface area contributed by atoms with Crippen LogP contribution in [0.5, 0.6) is 0 Å². The van der Waals surface area contributed by atoms with E-state index < -0.39 is 4.92 Å². The molecule has 0 saturated heterocycles. The molecule has 23 heavy (non-hydrogen) atoms. The number of nitro benzene ring substituents is 1. The Morgan fingerprint density at radius 2 is 1.96 bits per heavy atom. The van der Waals surface area contributed by atoms with E-state index in [4.69, 9.17) is 0 Å². The van der Waals surface area contributed by atoms with E-state index in [2.05, 4.69) is 4.98 Å². The molecule has 0 aliphatic heterocycles. The van der Waals surface area contributed by atoms with Gasteiger partial charge in [-0.25, -0.2) is 0 Å². The smallest absolute Gasteiger partial charge is 0.272 e. The number of carbonyl (C=O) groups is 1. The largest absolute Gasteiger partial charge is 0.358 e. The van der Waals surface area contributed by atoms with Gasteiger partial charge in [-0.05, 0) is 31.5 Å². The third kappa shape index (κ3) is 2.50. The average Bonchev–Trinajstić information content (AvgIpc) is 2.92. The van der Waals surface area contributed by atoms with Crippen molar-refractivity contribution in [2.75, 3.05) is 0 Å². The number of hydrogen-bond acceptors (Lipinski definition) is 3. The molecule has 0 aliphatic rings. The standard InChI is InChI=1S/C18H16N2O3/c1-3-14-17(13-6-4-5-7-15(13)19-14)18(21)12-8-9-16(20(22)23)11(2)10-12/h4-10,19H,3H2,1-2H3. The normalized spacial score (nSPS) is 10.9. The summed E-state index contributed by atoms with van der Waals surface area (Å²) in [6, 6.07) is 12.2. The predicted molar refractivity (Wildman–Crippen MR) is 88.9 cm³/mol. The molecule has 116 valence electrons. The summed E-state index contributed by atoms with van der Waals surface area (Å²) in [4.78, 5) is 26.7. The van der Waals surface area contributed by atoms with Crippen molar-refractivity contribution < 1.29 is 9.72 Å². The fourth-order valence-electron chi connectivity index (χ4n) is 2.87. The first-order chi connectivity index (χ1) is 11.0. The minimum atomic E-state index is -0.438. The molecule has 0 unspecified atom stereocenters. The molecular weight excluding hydrogens is 292 g/mol. The molecule has 1 N–H and O–H groups in total. The van der Waals surface area contributed by atoms with Crippen LogP contribution in [0.1, 0.15) is 34.1 Å². The van der Waals surface area contributed by atoms with Gasteiger partial charge >= 0.3 is 0 Å². The van der Waals surface area contributed by atoms with Crippen molar-refractivity contribution in [2.24, 2.45) is 0 Å². The first kappa shape index (κ1) is 15.0. The number of hydrogen-bond donors (Lipinski definition) is 1. The van der Waals surface area contributed by atoms with Gasteiger partial charge in [0.15, 0.2) is 5.78 Å². The Balaban J connectivity index is 2.14. The van der Waals surface area contributed by atoms with Crippen LogP contribution in [0.25, 0.3) is 10.9 Å². The third-order valence-corrected chi connectivity index (χ3v) is 4.02. The van der Waals surface area contributed by atoms with Crippen LogP contribution in [0.15, 0.2) is 42.5 Å². The van der Waals surface area contributed by atoms with Gasteiger partial charge in [-0.1, -0.05) is 25.1 Å². The van der Waals surface area contributed by atoms with Crippen molar-refractivity contribution in [3.63, 3.8) is 0 Å². The second kappa shape index (κ2) is 5.68. The molecule has 0 spiro atoms. The van der Waals surface area contributed by atoms with Crippen molar-refractivity contribution in [3.05, 3.63) is 75.0 Å². The predicted octanol–water partition coefficient (Wildman–Crippen LogP) is 4.18. The average molecular weight is 308 g/mol. The lowest BCUT2D eigenvalue weighted by atomic mass is 9.97. The second-order valence-electron chi connectivity index (χ2n) is 5.47. The molecule has 3 rings (SSSR count). The number of benzene rings is 2. The molecule has 0 aliphatic carbocycles. The summed E-state index contributed by atoms with van der Waals surface area (Å²) in [6.07, 6.45) is 0.710. The van der Waals surface area contributed by atoms with Crippen LogP contribution in [-0.2, 0) is 6.42 Å². The van der Waals surface area contributed by atoms with Crippen LogP contribution in [0.3, 0.4) is 0 Å². The van der Waals surface area contributed by atoms with Crippen LogP contribution in [-0.4, -0.2) is 15.7 Å². The van der Waals surface area contributed by atoms with Gasteiger partial charge < -0.3 is 4.98 Å². The molecule has 0 saturated carbocycles. The lowest BCUT2D eigenvalue weighted by molar-refractivity contribution is -0.385. The quantitative estimate of drug-likeness (QED) is 0.446. The number of aromatic nitrogens is 1. The van der Waals surface area contributed by atoms with Crippen LogP contribution >= 0.6 is 0 Å². The van der Waals surface area contributed by atoms with Gasteiger partial charge in [-0.15, -0.1) is 0 Å². The number of aromatic amines is 1. The highest BCUT2D eigenvalue weighted by Crippen LogP contribution is 2.27. The van der Waals surface area contributed by atoms with E-state index in [1.165, 1.54) is 12.1 Å². The van der Waals surface area contributed by atoms with E-state index in [1.54, 1.807) is 13.0 Å². The molecule has 0 amide bonds. The van der Waals surface area contributed by atoms with E-state index in [0.29, 0.717) is 23.1 Å². The topological polar surface area (TPSA) is 76.0 Å². The van der Waals surface area contributed by atoms with E-state index in [0.717, 1.165) is 16.6 Å². The number of nitrogens with zero attached hydrogens (tertiary/aromatic N) is 1. The summed E-state index contributed by atoms with van der Waals surface area (Å²) in [5.74, 6) is -0.114. The first-order valence-corrected chi connectivity index (χ1v) is 7.42. The molecule has 3 aromatic rings. The number of rotatable bonds is 4. The fraction of sp³-hybridized carbons (Fsp3) is 0.167. The highest BCUT2D eigenvalue weighted by molar-refractivity contribution is 6.17. The van der Waals surface area contributed by atoms with E-state index in [-0.39, 0.29) is 11.5 Å². The lowest BCUT2D eigenvalue weighted by Crippen LogP contribution is -2.05. The number of nitrogens with one attached hydrogen (secondary N) is 1. The molecule has 5 nitrogen and oxygen atoms in total. The number of nitro groups is 1. The van der Waals surface area contributed by atoms with Gasteiger partial charge in [0.25, 0.3) is 5.69 Å². The van der Waals surface area contributed by atoms with Gasteiger partial charge in [-0.2, -0.15) is 0 Å². The summed E-state index contributed by atoms with van der Waals surface area (Å²) in [5, 5.41) is 11.8. The van der Waals surface area contributed by atoms with Gasteiger partial charge in [0.1, 0.15) is 0 Å². The Bertz CT molecular complexity index is 925. The number of ketones is 1. The molecular formula is C18H16N2O3. The number of H-pyrrole nitrogens is 1. The van der Waals surface area contributed by atoms with Gasteiger partial charge in [-0.3, -0.25) is 14.9 Å². The Hall–Kier alpha value is -2.95. The molecule has 1 heterocycles. The Kier molecular flexibility index (Phi) is 3.70.